The number of hydrogen-bond acceptors (Lipinski definition) is 12. The molecule has 0 saturated carbocycles. The average molecular weight is 576 g/mol. The maximum absolute atomic E-state index is 8.45. The van der Waals surface area contributed by atoms with Crippen molar-refractivity contribution in [2.75, 3.05) is 111 Å². The van der Waals surface area contributed by atoms with Crippen LogP contribution in [0.3, 0.4) is 0 Å². The smallest absolute Gasteiger partial charge is 0.166 e. The SMILES string of the molecule is CC12CNCNCC(NC(=S)NCCCOCCOCCOCCCSC#N)(CNCNC1)CNCNC2. The first-order valence-corrected chi connectivity index (χ1v) is 15.0. The van der Waals surface area contributed by atoms with Crippen LogP contribution in [0, 0.1) is 16.1 Å². The van der Waals surface area contributed by atoms with Gasteiger partial charge in [0.15, 0.2) is 5.11 Å². The Kier molecular flexibility index (Phi) is 18.4. The highest BCUT2D eigenvalue weighted by molar-refractivity contribution is 8.03. The molecule has 3 aliphatic heterocycles. The van der Waals surface area contributed by atoms with Crippen LogP contribution in [0.15, 0.2) is 0 Å². The molecule has 3 fully saturated rings. The molecular weight excluding hydrogens is 526 g/mol. The second-order valence-corrected chi connectivity index (χ2v) is 11.3. The number of thioether (sulfide) groups is 1. The molecule has 0 aromatic rings. The monoisotopic (exact) mass is 575 g/mol. The molecule has 0 aromatic carbocycles. The minimum absolute atomic E-state index is 0.134. The summed E-state index contributed by atoms with van der Waals surface area (Å²) in [4.78, 5) is 0. The first kappa shape index (κ1) is 33.4. The molecule has 0 radical (unpaired) electrons. The minimum Gasteiger partial charge on any atom is -0.379 e. The topological polar surface area (TPSA) is 148 Å². The predicted molar refractivity (Wildman–Crippen MR) is 157 cm³/mol. The van der Waals surface area contributed by atoms with E-state index in [1.54, 1.807) is 0 Å². The lowest BCUT2D eigenvalue weighted by Gasteiger charge is -2.39. The van der Waals surface area contributed by atoms with E-state index in [0.717, 1.165) is 84.4 Å². The quantitative estimate of drug-likeness (QED) is 0.0663. The van der Waals surface area contributed by atoms with E-state index in [-0.39, 0.29) is 11.0 Å². The lowest BCUT2D eigenvalue weighted by Crippen LogP contribution is -2.68. The molecule has 0 atom stereocenters. The van der Waals surface area contributed by atoms with Gasteiger partial charge in [0, 0.05) is 90.2 Å². The van der Waals surface area contributed by atoms with Crippen LogP contribution in [0.4, 0.5) is 0 Å². The Morgan fingerprint density at radius 3 is 1.79 bits per heavy atom. The third-order valence-electron chi connectivity index (χ3n) is 6.27. The summed E-state index contributed by atoms with van der Waals surface area (Å²) in [6.07, 6.45) is 1.73. The van der Waals surface area contributed by atoms with Crippen molar-refractivity contribution in [2.45, 2.75) is 25.3 Å². The summed E-state index contributed by atoms with van der Waals surface area (Å²) in [5.74, 6) is 0.806. The summed E-state index contributed by atoms with van der Waals surface area (Å²) < 4.78 is 16.6. The summed E-state index contributed by atoms with van der Waals surface area (Å²) in [6.45, 7) is 13.8. The number of nitrogens with zero attached hydrogens (tertiary/aromatic N) is 1. The van der Waals surface area contributed by atoms with E-state index in [1.165, 1.54) is 11.8 Å². The van der Waals surface area contributed by atoms with Crippen LogP contribution in [-0.4, -0.2) is 122 Å². The molecule has 8 N–H and O–H groups in total. The van der Waals surface area contributed by atoms with Crippen molar-refractivity contribution in [3.05, 3.63) is 0 Å². The molecular formula is C24H49N9O3S2. The summed E-state index contributed by atoms with van der Waals surface area (Å²) in [6, 6.07) is 0. The van der Waals surface area contributed by atoms with Gasteiger partial charge in [-0.25, -0.2) is 0 Å². The Bertz CT molecular complexity index is 634. The molecule has 3 heterocycles. The van der Waals surface area contributed by atoms with Crippen LogP contribution in [0.2, 0.25) is 0 Å². The molecule has 3 saturated heterocycles. The average Bonchev–Trinajstić information content (AvgIpc) is 2.88. The van der Waals surface area contributed by atoms with Gasteiger partial charge in [0.05, 0.1) is 32.0 Å². The predicted octanol–water partition coefficient (Wildman–Crippen LogP) is -1.32. The molecule has 0 aliphatic carbocycles. The molecule has 3 rings (SSSR count). The number of hydrogen-bond donors (Lipinski definition) is 8. The molecule has 220 valence electrons. The largest absolute Gasteiger partial charge is 0.379 e. The van der Waals surface area contributed by atoms with Crippen molar-refractivity contribution in [1.82, 2.24) is 42.5 Å². The zero-order valence-electron chi connectivity index (χ0n) is 22.9. The molecule has 2 bridgehead atoms. The number of ether oxygens (including phenoxy) is 3. The second kappa shape index (κ2) is 21.0. The van der Waals surface area contributed by atoms with Gasteiger partial charge in [-0.05, 0) is 36.8 Å². The van der Waals surface area contributed by atoms with Crippen molar-refractivity contribution >= 4 is 29.1 Å². The van der Waals surface area contributed by atoms with Crippen molar-refractivity contribution in [3.8, 4) is 5.40 Å². The van der Waals surface area contributed by atoms with Crippen LogP contribution >= 0.6 is 24.0 Å². The van der Waals surface area contributed by atoms with E-state index in [1.807, 2.05) is 0 Å². The zero-order chi connectivity index (χ0) is 27.2. The van der Waals surface area contributed by atoms with Gasteiger partial charge in [0.1, 0.15) is 5.40 Å². The first-order chi connectivity index (χ1) is 18.6. The summed E-state index contributed by atoms with van der Waals surface area (Å²) in [5.41, 5.74) is -0.154. The number of thiocarbonyl (C=S) groups is 1. The van der Waals surface area contributed by atoms with E-state index in [2.05, 4.69) is 54.9 Å². The maximum Gasteiger partial charge on any atom is 0.166 e. The standard InChI is InChI=1S/C24H49N9O3S2/c1-23-12-26-19-29-15-24(16-30-20-27-13-23,17-31-21-28-14-23)33-22(37)32-4-2-5-34-7-9-36-10-8-35-6-3-11-38-18-25/h26-31H,2-17,19-21H2,1H3,(H2,32,33,37). The number of nitriles is 1. The van der Waals surface area contributed by atoms with Crippen molar-refractivity contribution < 1.29 is 14.2 Å². The van der Waals surface area contributed by atoms with Crippen LogP contribution < -0.4 is 42.5 Å². The fourth-order valence-corrected chi connectivity index (χ4v) is 4.92. The first-order valence-electron chi connectivity index (χ1n) is 13.6. The number of thiocyanates is 1. The third kappa shape index (κ3) is 15.7. The molecule has 3 aliphatic rings. The maximum atomic E-state index is 8.45. The van der Waals surface area contributed by atoms with Crippen LogP contribution in [-0.2, 0) is 14.2 Å². The van der Waals surface area contributed by atoms with E-state index in [0.29, 0.717) is 44.8 Å². The van der Waals surface area contributed by atoms with Crippen LogP contribution in [0.25, 0.3) is 0 Å². The van der Waals surface area contributed by atoms with Crippen molar-refractivity contribution in [2.24, 2.45) is 5.41 Å². The van der Waals surface area contributed by atoms with Crippen molar-refractivity contribution in [3.63, 3.8) is 0 Å². The minimum atomic E-state index is -0.288. The molecule has 0 aromatic heterocycles. The molecule has 0 amide bonds. The normalized spacial score (nSPS) is 25.2. The molecule has 14 heteroatoms. The highest BCUT2D eigenvalue weighted by Crippen LogP contribution is 2.13. The van der Waals surface area contributed by atoms with Gasteiger partial charge in [-0.3, -0.25) is 0 Å². The van der Waals surface area contributed by atoms with Crippen LogP contribution in [0.1, 0.15) is 19.8 Å². The third-order valence-corrected chi connectivity index (χ3v) is 7.14. The van der Waals surface area contributed by atoms with Gasteiger partial charge in [0.2, 0.25) is 0 Å². The number of fused-ring (bicyclic) bond motifs is 12. The number of nitrogens with one attached hydrogen (secondary N) is 8. The van der Waals surface area contributed by atoms with Gasteiger partial charge in [-0.1, -0.05) is 6.92 Å². The number of rotatable bonds is 15. The molecule has 0 unspecified atom stereocenters. The molecule has 0 spiro atoms. The van der Waals surface area contributed by atoms with Gasteiger partial charge in [0.25, 0.3) is 0 Å². The fourth-order valence-electron chi connectivity index (χ4n) is 4.25. The Morgan fingerprint density at radius 2 is 1.26 bits per heavy atom. The lowest BCUT2D eigenvalue weighted by atomic mass is 9.90. The van der Waals surface area contributed by atoms with Gasteiger partial charge in [-0.2, -0.15) is 5.26 Å². The summed E-state index contributed by atoms with van der Waals surface area (Å²) >= 11 is 6.91. The highest BCUT2D eigenvalue weighted by Gasteiger charge is 2.32. The van der Waals surface area contributed by atoms with E-state index in [9.17, 15) is 0 Å². The second-order valence-electron chi connectivity index (χ2n) is 10.0. The van der Waals surface area contributed by atoms with Gasteiger partial charge in [-0.15, -0.1) is 0 Å². The zero-order valence-corrected chi connectivity index (χ0v) is 24.6. The van der Waals surface area contributed by atoms with Crippen molar-refractivity contribution in [1.29, 1.82) is 5.26 Å². The lowest BCUT2D eigenvalue weighted by molar-refractivity contribution is 0.0145. The van der Waals surface area contributed by atoms with Gasteiger partial charge >= 0.3 is 0 Å². The van der Waals surface area contributed by atoms with Gasteiger partial charge < -0.3 is 56.7 Å². The van der Waals surface area contributed by atoms with E-state index < -0.39 is 0 Å². The summed E-state index contributed by atoms with van der Waals surface area (Å²) in [7, 11) is 0. The van der Waals surface area contributed by atoms with E-state index >= 15 is 0 Å². The van der Waals surface area contributed by atoms with Crippen LogP contribution in [0.5, 0.6) is 0 Å². The Labute approximate surface area is 238 Å². The highest BCUT2D eigenvalue weighted by atomic mass is 32.2. The molecule has 38 heavy (non-hydrogen) atoms. The van der Waals surface area contributed by atoms with E-state index in [4.69, 9.17) is 31.7 Å². The molecule has 12 nitrogen and oxygen atoms in total. The Morgan fingerprint density at radius 1 is 0.789 bits per heavy atom. The summed E-state index contributed by atoms with van der Waals surface area (Å²) in [5, 5.41) is 39.4. The Hall–Kier alpha value is -0.830. The fraction of sp³-hybridized carbons (Fsp3) is 0.917. The Balaban J connectivity index is 1.59.